The summed E-state index contributed by atoms with van der Waals surface area (Å²) in [4.78, 5) is 39.2. The summed E-state index contributed by atoms with van der Waals surface area (Å²) in [6.45, 7) is 8.18. The molecule has 0 saturated carbocycles. The lowest BCUT2D eigenvalue weighted by Crippen LogP contribution is -2.54. The average Bonchev–Trinajstić information content (AvgIpc) is 3.07. The molecule has 8 heteroatoms. The number of barbiturate groups is 1. The number of amides is 4. The van der Waals surface area contributed by atoms with Crippen LogP contribution in [0, 0.1) is 20.8 Å². The molecule has 4 amide bonds. The number of carbonyl (C=O) groups excluding carboxylic acids is 3. The number of rotatable bonds is 5. The molecule has 1 aliphatic rings. The summed E-state index contributed by atoms with van der Waals surface area (Å²) in [6.07, 6.45) is 1.51. The molecule has 0 aliphatic carbocycles. The number of aromatic nitrogens is 1. The predicted octanol–water partition coefficient (Wildman–Crippen LogP) is 5.12. The zero-order valence-corrected chi connectivity index (χ0v) is 20.1. The number of nitrogens with zero attached hydrogens (tertiary/aromatic N) is 2. The van der Waals surface area contributed by atoms with Crippen molar-refractivity contribution in [2.24, 2.45) is 0 Å². The maximum absolute atomic E-state index is 13.2. The van der Waals surface area contributed by atoms with Gasteiger partial charge in [0, 0.05) is 22.1 Å². The highest BCUT2D eigenvalue weighted by Gasteiger charge is 2.37. The van der Waals surface area contributed by atoms with Gasteiger partial charge in [0.25, 0.3) is 11.8 Å². The second-order valence-corrected chi connectivity index (χ2v) is 8.39. The number of halogens is 1. The van der Waals surface area contributed by atoms with Crippen molar-refractivity contribution >= 4 is 41.2 Å². The fourth-order valence-electron chi connectivity index (χ4n) is 3.96. The number of ether oxygens (including phenoxy) is 1. The molecule has 3 aromatic rings. The van der Waals surface area contributed by atoms with Gasteiger partial charge in [0.05, 0.1) is 12.3 Å². The number of urea groups is 1. The Bertz CT molecular complexity index is 1340. The second kappa shape index (κ2) is 9.19. The molecule has 0 spiro atoms. The van der Waals surface area contributed by atoms with Crippen molar-refractivity contribution in [3.05, 3.63) is 81.6 Å². The maximum Gasteiger partial charge on any atom is 0.335 e. The largest absolute Gasteiger partial charge is 0.494 e. The SMILES string of the molecule is CCOc1ccc(-n2c(C)cc(/C=C3/C(=O)NC(=O)N(c4ccc(C)c(Cl)c4)C3=O)c2C)cc1. The van der Waals surface area contributed by atoms with Gasteiger partial charge in [-0.15, -0.1) is 0 Å². The van der Waals surface area contributed by atoms with Crippen molar-refractivity contribution in [3.63, 3.8) is 0 Å². The molecule has 2 heterocycles. The van der Waals surface area contributed by atoms with Gasteiger partial charge in [-0.2, -0.15) is 0 Å². The van der Waals surface area contributed by atoms with Crippen LogP contribution in [0.25, 0.3) is 11.8 Å². The highest BCUT2D eigenvalue weighted by atomic mass is 35.5. The van der Waals surface area contributed by atoms with Crippen LogP contribution < -0.4 is 15.0 Å². The van der Waals surface area contributed by atoms with E-state index in [1.807, 2.05) is 62.6 Å². The molecule has 1 N–H and O–H groups in total. The summed E-state index contributed by atoms with van der Waals surface area (Å²) >= 11 is 6.19. The van der Waals surface area contributed by atoms with Crippen LogP contribution in [0.5, 0.6) is 5.75 Å². The Balaban J connectivity index is 1.72. The topological polar surface area (TPSA) is 80.6 Å². The van der Waals surface area contributed by atoms with Gasteiger partial charge in [0.15, 0.2) is 0 Å². The predicted molar refractivity (Wildman–Crippen MR) is 132 cm³/mol. The minimum atomic E-state index is -0.813. The number of imide groups is 2. The summed E-state index contributed by atoms with van der Waals surface area (Å²) in [5.41, 5.74) is 4.35. The van der Waals surface area contributed by atoms with Gasteiger partial charge in [0.1, 0.15) is 11.3 Å². The lowest BCUT2D eigenvalue weighted by Gasteiger charge is -2.26. The minimum absolute atomic E-state index is 0.136. The Hall–Kier alpha value is -3.84. The molecule has 0 atom stereocenters. The van der Waals surface area contributed by atoms with Gasteiger partial charge < -0.3 is 9.30 Å². The Morgan fingerprint density at radius 1 is 0.971 bits per heavy atom. The van der Waals surface area contributed by atoms with Crippen LogP contribution in [-0.2, 0) is 9.59 Å². The van der Waals surface area contributed by atoms with E-state index in [0.29, 0.717) is 17.2 Å². The van der Waals surface area contributed by atoms with E-state index in [0.717, 1.165) is 33.3 Å². The van der Waals surface area contributed by atoms with Gasteiger partial charge in [-0.1, -0.05) is 17.7 Å². The van der Waals surface area contributed by atoms with Crippen molar-refractivity contribution < 1.29 is 19.1 Å². The summed E-state index contributed by atoms with van der Waals surface area (Å²) in [5, 5.41) is 2.66. The Morgan fingerprint density at radius 2 is 1.65 bits per heavy atom. The molecular formula is C26H24ClN3O4. The molecule has 0 bridgehead atoms. The van der Waals surface area contributed by atoms with E-state index in [4.69, 9.17) is 16.3 Å². The standard InChI is InChI=1S/C26H24ClN3O4/c1-5-34-21-10-8-19(9-11-21)29-16(3)12-18(17(29)4)13-22-24(31)28-26(33)30(25(22)32)20-7-6-15(2)23(27)14-20/h6-14H,5H2,1-4H3,(H,28,31,33)/b22-13-. The molecule has 174 valence electrons. The van der Waals surface area contributed by atoms with Crippen LogP contribution in [0.3, 0.4) is 0 Å². The molecule has 4 rings (SSSR count). The molecule has 0 unspecified atom stereocenters. The van der Waals surface area contributed by atoms with Crippen LogP contribution in [0.15, 0.2) is 54.1 Å². The van der Waals surface area contributed by atoms with E-state index in [9.17, 15) is 14.4 Å². The van der Waals surface area contributed by atoms with Crippen molar-refractivity contribution in [1.82, 2.24) is 9.88 Å². The molecule has 1 fully saturated rings. The Morgan fingerprint density at radius 3 is 2.29 bits per heavy atom. The lowest BCUT2D eigenvalue weighted by molar-refractivity contribution is -0.122. The van der Waals surface area contributed by atoms with Gasteiger partial charge in [0.2, 0.25) is 0 Å². The van der Waals surface area contributed by atoms with Crippen molar-refractivity contribution in [2.75, 3.05) is 11.5 Å². The number of carbonyl (C=O) groups is 3. The second-order valence-electron chi connectivity index (χ2n) is 7.98. The molecular weight excluding hydrogens is 454 g/mol. The summed E-state index contributed by atoms with van der Waals surface area (Å²) in [5.74, 6) is -0.670. The highest BCUT2D eigenvalue weighted by molar-refractivity contribution is 6.39. The molecule has 1 saturated heterocycles. The van der Waals surface area contributed by atoms with Crippen LogP contribution in [-0.4, -0.2) is 29.0 Å². The monoisotopic (exact) mass is 477 g/mol. The van der Waals surface area contributed by atoms with Crippen LogP contribution in [0.1, 0.15) is 29.4 Å². The Labute approximate surface area is 202 Å². The van der Waals surface area contributed by atoms with E-state index in [1.165, 1.54) is 12.1 Å². The third-order valence-corrected chi connectivity index (χ3v) is 6.10. The first-order valence-electron chi connectivity index (χ1n) is 10.8. The van der Waals surface area contributed by atoms with E-state index < -0.39 is 17.8 Å². The Kier molecular flexibility index (Phi) is 6.30. The first kappa shape index (κ1) is 23.3. The molecule has 1 aromatic heterocycles. The van der Waals surface area contributed by atoms with Gasteiger partial charge in [-0.3, -0.25) is 14.9 Å². The normalized spacial score (nSPS) is 15.1. The summed E-state index contributed by atoms with van der Waals surface area (Å²) in [6, 6.07) is 13.6. The minimum Gasteiger partial charge on any atom is -0.494 e. The van der Waals surface area contributed by atoms with E-state index >= 15 is 0 Å². The van der Waals surface area contributed by atoms with Gasteiger partial charge >= 0.3 is 6.03 Å². The molecule has 0 radical (unpaired) electrons. The fourth-order valence-corrected chi connectivity index (χ4v) is 4.13. The summed E-state index contributed by atoms with van der Waals surface area (Å²) < 4.78 is 7.54. The number of aryl methyl sites for hydroxylation is 2. The molecule has 2 aromatic carbocycles. The van der Waals surface area contributed by atoms with Crippen LogP contribution in [0.2, 0.25) is 5.02 Å². The van der Waals surface area contributed by atoms with E-state index in [-0.39, 0.29) is 11.3 Å². The highest BCUT2D eigenvalue weighted by Crippen LogP contribution is 2.28. The van der Waals surface area contributed by atoms with Crippen molar-refractivity contribution in [2.45, 2.75) is 27.7 Å². The molecule has 34 heavy (non-hydrogen) atoms. The number of anilines is 1. The maximum atomic E-state index is 13.2. The van der Waals surface area contributed by atoms with Crippen LogP contribution >= 0.6 is 11.6 Å². The third-order valence-electron chi connectivity index (χ3n) is 5.69. The molecule has 1 aliphatic heterocycles. The van der Waals surface area contributed by atoms with Gasteiger partial charge in [-0.05, 0) is 87.4 Å². The number of nitrogens with one attached hydrogen (secondary N) is 1. The number of hydrogen-bond donors (Lipinski definition) is 1. The van der Waals surface area contributed by atoms with E-state index in [2.05, 4.69) is 5.32 Å². The average molecular weight is 478 g/mol. The number of benzene rings is 2. The lowest BCUT2D eigenvalue weighted by atomic mass is 10.1. The van der Waals surface area contributed by atoms with Crippen LogP contribution in [0.4, 0.5) is 10.5 Å². The quantitative estimate of drug-likeness (QED) is 0.408. The third kappa shape index (κ3) is 4.22. The molecule has 7 nitrogen and oxygen atoms in total. The zero-order valence-electron chi connectivity index (χ0n) is 19.3. The summed E-state index contributed by atoms with van der Waals surface area (Å²) in [7, 11) is 0. The van der Waals surface area contributed by atoms with Crippen molar-refractivity contribution in [3.8, 4) is 11.4 Å². The first-order chi connectivity index (χ1) is 16.2. The van der Waals surface area contributed by atoms with Gasteiger partial charge in [-0.25, -0.2) is 9.69 Å². The number of hydrogen-bond acceptors (Lipinski definition) is 4. The van der Waals surface area contributed by atoms with E-state index in [1.54, 1.807) is 12.1 Å². The zero-order chi connectivity index (χ0) is 24.6. The fraction of sp³-hybridized carbons (Fsp3) is 0.192. The smallest absolute Gasteiger partial charge is 0.335 e. The first-order valence-corrected chi connectivity index (χ1v) is 11.2. The van der Waals surface area contributed by atoms with Crippen molar-refractivity contribution in [1.29, 1.82) is 0 Å².